The Morgan fingerprint density at radius 2 is 2.20 bits per heavy atom. The van der Waals surface area contributed by atoms with Crippen molar-refractivity contribution in [2.75, 3.05) is 13.2 Å². The normalized spacial score (nSPS) is 41.5. The van der Waals surface area contributed by atoms with Crippen molar-refractivity contribution >= 4 is 0 Å². The molecule has 5 nitrogen and oxygen atoms in total. The molecule has 2 saturated heterocycles. The largest absolute Gasteiger partial charge is 0.418 e. The van der Waals surface area contributed by atoms with Crippen molar-refractivity contribution in [1.29, 1.82) is 0 Å². The Balaban J connectivity index is 1.82. The predicted molar refractivity (Wildman–Crippen MR) is 62.7 cm³/mol. The number of aliphatic hydroxyl groups excluding tert-OH is 1. The van der Waals surface area contributed by atoms with Crippen LogP contribution in [0.5, 0.6) is 0 Å². The first-order valence-electron chi connectivity index (χ1n) is 6.35. The number of nitrogens with one attached hydrogen (secondary N) is 1. The topological polar surface area (TPSA) is 63.2 Å². The van der Waals surface area contributed by atoms with Gasteiger partial charge in [0.2, 0.25) is 0 Å². The molecule has 0 aromatic carbocycles. The van der Waals surface area contributed by atoms with Gasteiger partial charge in [0.05, 0.1) is 25.4 Å². The minimum atomic E-state index is -4.39. The van der Waals surface area contributed by atoms with Gasteiger partial charge in [-0.25, -0.2) is 0 Å². The fraction of sp³-hybridized carbons (Fsp3) is 0.833. The smallest absolute Gasteiger partial charge is 0.391 e. The summed E-state index contributed by atoms with van der Waals surface area (Å²) in [5.74, 6) is -0.371. The zero-order valence-electron chi connectivity index (χ0n) is 11.0. The third-order valence-electron chi connectivity index (χ3n) is 3.39. The maximum atomic E-state index is 12.3. The molecule has 8 heteroatoms. The van der Waals surface area contributed by atoms with Crippen molar-refractivity contribution in [2.45, 2.75) is 43.9 Å². The maximum Gasteiger partial charge on any atom is 0.418 e. The van der Waals surface area contributed by atoms with Crippen LogP contribution in [0.1, 0.15) is 6.92 Å². The molecule has 0 aromatic heterocycles. The van der Waals surface area contributed by atoms with Gasteiger partial charge in [0.1, 0.15) is 6.23 Å². The van der Waals surface area contributed by atoms with Gasteiger partial charge in [0.25, 0.3) is 0 Å². The average molecular weight is 297 g/mol. The molecule has 116 valence electrons. The summed E-state index contributed by atoms with van der Waals surface area (Å²) in [6.07, 6.45) is -7.23. The van der Waals surface area contributed by atoms with Crippen molar-refractivity contribution in [2.24, 2.45) is 5.92 Å². The van der Waals surface area contributed by atoms with Crippen molar-refractivity contribution < 1.29 is 32.5 Å². The molecule has 0 radical (unpaired) electrons. The molecule has 2 aliphatic heterocycles. The van der Waals surface area contributed by atoms with Gasteiger partial charge in [-0.2, -0.15) is 13.2 Å². The Morgan fingerprint density at radius 1 is 1.50 bits per heavy atom. The molecule has 0 spiro atoms. The van der Waals surface area contributed by atoms with Crippen LogP contribution in [0.15, 0.2) is 12.7 Å². The number of aliphatic hydroxyl groups is 1. The summed E-state index contributed by atoms with van der Waals surface area (Å²) in [6.45, 7) is 5.55. The van der Waals surface area contributed by atoms with Gasteiger partial charge in [-0.05, 0) is 0 Å². The van der Waals surface area contributed by atoms with E-state index >= 15 is 0 Å². The lowest BCUT2D eigenvalue weighted by Crippen LogP contribution is -2.56. The third kappa shape index (κ3) is 3.50. The molecule has 2 N–H and O–H groups in total. The summed E-state index contributed by atoms with van der Waals surface area (Å²) in [4.78, 5) is 0. The standard InChI is InChI=1S/C12H18F3NO4/c1-3-4-18-11-6(2)8(17)7(5-19-11)16-10-9(20-10)12(13,14)15/h3,6-11,16-17H,1,4-5H2,2H3/t6-,7-,8+,9?,10?,11-/m0/s1. The monoisotopic (exact) mass is 297 g/mol. The van der Waals surface area contributed by atoms with Crippen LogP contribution in [0.4, 0.5) is 13.2 Å². The fourth-order valence-corrected chi connectivity index (χ4v) is 2.18. The van der Waals surface area contributed by atoms with E-state index in [4.69, 9.17) is 9.47 Å². The van der Waals surface area contributed by atoms with E-state index in [1.165, 1.54) is 0 Å². The molecule has 6 atom stereocenters. The summed E-state index contributed by atoms with van der Waals surface area (Å²) >= 11 is 0. The van der Waals surface area contributed by atoms with Crippen LogP contribution in [0.25, 0.3) is 0 Å². The van der Waals surface area contributed by atoms with Crippen molar-refractivity contribution in [3.05, 3.63) is 12.7 Å². The SMILES string of the molecule is C=CCO[C@H]1OC[C@H](NC2OC2C(F)(F)F)[C@H](O)[C@@H]1C. The van der Waals surface area contributed by atoms with Crippen molar-refractivity contribution in [1.82, 2.24) is 5.32 Å². The van der Waals surface area contributed by atoms with E-state index in [0.717, 1.165) is 0 Å². The minimum absolute atomic E-state index is 0.0533. The highest BCUT2D eigenvalue weighted by Crippen LogP contribution is 2.37. The lowest BCUT2D eigenvalue weighted by atomic mass is 9.95. The minimum Gasteiger partial charge on any atom is -0.391 e. The molecule has 2 aliphatic rings. The number of alkyl halides is 3. The third-order valence-corrected chi connectivity index (χ3v) is 3.39. The highest BCUT2D eigenvalue weighted by molar-refractivity contribution is 4.95. The average Bonchev–Trinajstić information content (AvgIpc) is 3.13. The molecule has 2 heterocycles. The second-order valence-corrected chi connectivity index (χ2v) is 4.97. The van der Waals surface area contributed by atoms with Crippen LogP contribution in [0.2, 0.25) is 0 Å². The van der Waals surface area contributed by atoms with E-state index in [0.29, 0.717) is 0 Å². The van der Waals surface area contributed by atoms with Gasteiger partial charge in [-0.3, -0.25) is 5.32 Å². The van der Waals surface area contributed by atoms with Gasteiger partial charge in [0, 0.05) is 5.92 Å². The fourth-order valence-electron chi connectivity index (χ4n) is 2.18. The van der Waals surface area contributed by atoms with E-state index in [1.807, 2.05) is 0 Å². The Hall–Kier alpha value is -0.670. The number of halogens is 3. The Labute approximate surface area is 114 Å². The second kappa shape index (κ2) is 5.98. The molecule has 0 amide bonds. The van der Waals surface area contributed by atoms with E-state index in [1.54, 1.807) is 13.0 Å². The molecule has 0 bridgehead atoms. The molecule has 20 heavy (non-hydrogen) atoms. The van der Waals surface area contributed by atoms with E-state index in [9.17, 15) is 18.3 Å². The Kier molecular flexibility index (Phi) is 4.70. The van der Waals surface area contributed by atoms with Crippen molar-refractivity contribution in [3.63, 3.8) is 0 Å². The van der Waals surface area contributed by atoms with Crippen LogP contribution < -0.4 is 5.32 Å². The highest BCUT2D eigenvalue weighted by atomic mass is 19.4. The lowest BCUT2D eigenvalue weighted by molar-refractivity contribution is -0.220. The molecule has 2 unspecified atom stereocenters. The predicted octanol–water partition coefficient (Wildman–Crippen LogP) is 0.788. The summed E-state index contributed by atoms with van der Waals surface area (Å²) in [6, 6.07) is -0.620. The summed E-state index contributed by atoms with van der Waals surface area (Å²) < 4.78 is 52.2. The molecule has 2 fully saturated rings. The van der Waals surface area contributed by atoms with Crippen LogP contribution >= 0.6 is 0 Å². The zero-order chi connectivity index (χ0) is 14.9. The van der Waals surface area contributed by atoms with Crippen LogP contribution in [-0.4, -0.2) is 55.3 Å². The molecular weight excluding hydrogens is 279 g/mol. The Morgan fingerprint density at radius 3 is 2.75 bits per heavy atom. The van der Waals surface area contributed by atoms with E-state index in [-0.39, 0.29) is 19.1 Å². The van der Waals surface area contributed by atoms with Crippen LogP contribution in [0.3, 0.4) is 0 Å². The van der Waals surface area contributed by atoms with Gasteiger partial charge < -0.3 is 19.3 Å². The summed E-state index contributed by atoms with van der Waals surface area (Å²) in [5, 5.41) is 12.7. The molecule has 0 aliphatic carbocycles. The van der Waals surface area contributed by atoms with Gasteiger partial charge in [0.15, 0.2) is 12.4 Å². The van der Waals surface area contributed by atoms with Gasteiger partial charge in [-0.15, -0.1) is 6.58 Å². The first-order valence-corrected chi connectivity index (χ1v) is 6.35. The number of hydrogen-bond acceptors (Lipinski definition) is 5. The Bertz CT molecular complexity index is 352. The van der Waals surface area contributed by atoms with Crippen LogP contribution in [-0.2, 0) is 14.2 Å². The van der Waals surface area contributed by atoms with Crippen LogP contribution in [0, 0.1) is 5.92 Å². The summed E-state index contributed by atoms with van der Waals surface area (Å²) in [5.41, 5.74) is 0. The van der Waals surface area contributed by atoms with Gasteiger partial charge in [-0.1, -0.05) is 13.0 Å². The second-order valence-electron chi connectivity index (χ2n) is 4.97. The van der Waals surface area contributed by atoms with E-state index < -0.39 is 36.9 Å². The zero-order valence-corrected chi connectivity index (χ0v) is 11.0. The first-order chi connectivity index (χ1) is 9.34. The van der Waals surface area contributed by atoms with E-state index in [2.05, 4.69) is 16.6 Å². The quantitative estimate of drug-likeness (QED) is 0.580. The number of hydrogen-bond donors (Lipinski definition) is 2. The molecule has 2 rings (SSSR count). The molecule has 0 aromatic rings. The molecule has 0 saturated carbocycles. The first kappa shape index (κ1) is 15.7. The number of ether oxygens (including phenoxy) is 3. The van der Waals surface area contributed by atoms with Crippen molar-refractivity contribution in [3.8, 4) is 0 Å². The molecular formula is C12H18F3NO4. The number of epoxide rings is 1. The van der Waals surface area contributed by atoms with Gasteiger partial charge >= 0.3 is 6.18 Å². The highest BCUT2D eigenvalue weighted by Gasteiger charge is 2.59. The number of rotatable bonds is 5. The lowest BCUT2D eigenvalue weighted by Gasteiger charge is -2.38. The summed E-state index contributed by atoms with van der Waals surface area (Å²) in [7, 11) is 0. The maximum absolute atomic E-state index is 12.3.